The second-order valence-corrected chi connectivity index (χ2v) is 6.13. The summed E-state index contributed by atoms with van der Waals surface area (Å²) >= 11 is 0. The summed E-state index contributed by atoms with van der Waals surface area (Å²) in [5, 5.41) is 14.3. The lowest BCUT2D eigenvalue weighted by Gasteiger charge is -2.27. The van der Waals surface area contributed by atoms with Gasteiger partial charge in [0.2, 0.25) is 0 Å². The van der Waals surface area contributed by atoms with Gasteiger partial charge in [-0.2, -0.15) is 0 Å². The van der Waals surface area contributed by atoms with E-state index in [1.54, 1.807) is 12.1 Å². The third-order valence-corrected chi connectivity index (χ3v) is 4.78. The van der Waals surface area contributed by atoms with Crippen molar-refractivity contribution in [2.24, 2.45) is 17.8 Å². The first kappa shape index (κ1) is 13.2. The van der Waals surface area contributed by atoms with Crippen LogP contribution in [-0.2, 0) is 0 Å². The number of hydrogen-bond acceptors (Lipinski definition) is 3. The third-order valence-electron chi connectivity index (χ3n) is 4.78. The molecule has 0 radical (unpaired) electrons. The van der Waals surface area contributed by atoms with Crippen LogP contribution in [0, 0.1) is 34.8 Å². The average molecular weight is 272 g/mol. The molecule has 20 heavy (non-hydrogen) atoms. The molecule has 0 saturated heterocycles. The van der Waals surface area contributed by atoms with E-state index < -0.39 is 0 Å². The van der Waals surface area contributed by atoms with Crippen LogP contribution in [0.5, 0.6) is 0 Å². The molecular formula is C16H20N2O2. The first-order valence-electron chi connectivity index (χ1n) is 7.24. The van der Waals surface area contributed by atoms with Crippen LogP contribution >= 0.6 is 0 Å². The van der Waals surface area contributed by atoms with Gasteiger partial charge in [0.25, 0.3) is 5.69 Å². The average Bonchev–Trinajstić information content (AvgIpc) is 3.03. The van der Waals surface area contributed by atoms with Crippen LogP contribution in [0.15, 0.2) is 30.4 Å². The molecule has 0 aromatic heterocycles. The number of nitro groups is 1. The minimum Gasteiger partial charge on any atom is -0.382 e. The fourth-order valence-electron chi connectivity index (χ4n) is 3.67. The van der Waals surface area contributed by atoms with Crippen molar-refractivity contribution in [3.05, 3.63) is 46.0 Å². The van der Waals surface area contributed by atoms with E-state index in [9.17, 15) is 10.1 Å². The Morgan fingerprint density at radius 2 is 2.15 bits per heavy atom. The Morgan fingerprint density at radius 1 is 1.35 bits per heavy atom. The summed E-state index contributed by atoms with van der Waals surface area (Å²) in [6, 6.07) is 5.43. The normalized spacial score (nSPS) is 28.6. The van der Waals surface area contributed by atoms with Gasteiger partial charge in [0.1, 0.15) is 0 Å². The summed E-state index contributed by atoms with van der Waals surface area (Å²) in [7, 11) is 0. The van der Waals surface area contributed by atoms with E-state index >= 15 is 0 Å². The first-order valence-corrected chi connectivity index (χ1v) is 7.24. The maximum atomic E-state index is 10.8. The molecular weight excluding hydrogens is 252 g/mol. The van der Waals surface area contributed by atoms with Crippen molar-refractivity contribution in [2.45, 2.75) is 32.7 Å². The molecule has 2 aliphatic carbocycles. The van der Waals surface area contributed by atoms with Crippen LogP contribution in [0.4, 0.5) is 11.4 Å². The monoisotopic (exact) mass is 272 g/mol. The van der Waals surface area contributed by atoms with Crippen molar-refractivity contribution in [1.29, 1.82) is 0 Å². The second kappa shape index (κ2) is 4.93. The molecule has 4 unspecified atom stereocenters. The van der Waals surface area contributed by atoms with Gasteiger partial charge in [0.05, 0.1) is 4.92 Å². The Balaban J connectivity index is 1.71. The highest BCUT2D eigenvalue weighted by molar-refractivity contribution is 5.56. The molecule has 2 aliphatic rings. The topological polar surface area (TPSA) is 55.2 Å². The molecule has 0 spiro atoms. The molecule has 2 bridgehead atoms. The Kier molecular flexibility index (Phi) is 3.24. The highest BCUT2D eigenvalue weighted by Crippen LogP contribution is 2.45. The molecule has 1 aromatic carbocycles. The van der Waals surface area contributed by atoms with E-state index in [0.717, 1.165) is 17.2 Å². The molecule has 1 aromatic rings. The van der Waals surface area contributed by atoms with E-state index in [-0.39, 0.29) is 10.6 Å². The number of hydrogen-bond donors (Lipinski definition) is 1. The van der Waals surface area contributed by atoms with Crippen molar-refractivity contribution in [1.82, 2.24) is 0 Å². The fourth-order valence-corrected chi connectivity index (χ4v) is 3.67. The molecule has 0 aliphatic heterocycles. The number of benzene rings is 1. The van der Waals surface area contributed by atoms with E-state index in [1.807, 2.05) is 13.0 Å². The van der Waals surface area contributed by atoms with Crippen molar-refractivity contribution in [3.63, 3.8) is 0 Å². The first-order chi connectivity index (χ1) is 9.54. The standard InChI is InChI=1S/C16H20N2O2/c1-10-7-14(18(19)20)5-6-16(10)17-11(2)15-9-12-3-4-13(15)8-12/h3-7,11-13,15,17H,8-9H2,1-2H3. The van der Waals surface area contributed by atoms with Crippen molar-refractivity contribution >= 4 is 11.4 Å². The Labute approximate surface area is 119 Å². The molecule has 106 valence electrons. The molecule has 1 fully saturated rings. The lowest BCUT2D eigenvalue weighted by atomic mass is 9.87. The number of rotatable bonds is 4. The number of allylic oxidation sites excluding steroid dienone is 2. The second-order valence-electron chi connectivity index (χ2n) is 6.13. The smallest absolute Gasteiger partial charge is 0.269 e. The van der Waals surface area contributed by atoms with Gasteiger partial charge >= 0.3 is 0 Å². The van der Waals surface area contributed by atoms with Crippen molar-refractivity contribution in [2.75, 3.05) is 5.32 Å². The van der Waals surface area contributed by atoms with E-state index in [4.69, 9.17) is 0 Å². The van der Waals surface area contributed by atoms with E-state index in [1.165, 1.54) is 12.8 Å². The van der Waals surface area contributed by atoms with Gasteiger partial charge in [0.15, 0.2) is 0 Å². The van der Waals surface area contributed by atoms with E-state index in [2.05, 4.69) is 24.4 Å². The van der Waals surface area contributed by atoms with E-state index in [0.29, 0.717) is 17.9 Å². The molecule has 0 heterocycles. The van der Waals surface area contributed by atoms with Crippen LogP contribution in [-0.4, -0.2) is 11.0 Å². The fraction of sp³-hybridized carbons (Fsp3) is 0.500. The highest BCUT2D eigenvalue weighted by atomic mass is 16.6. The maximum Gasteiger partial charge on any atom is 0.269 e. The van der Waals surface area contributed by atoms with Gasteiger partial charge in [-0.05, 0) is 56.1 Å². The van der Waals surface area contributed by atoms with Gasteiger partial charge in [-0.15, -0.1) is 0 Å². The number of non-ortho nitro benzene ring substituents is 1. The van der Waals surface area contributed by atoms with Gasteiger partial charge in [-0.1, -0.05) is 12.2 Å². The summed E-state index contributed by atoms with van der Waals surface area (Å²) in [5.41, 5.74) is 2.10. The summed E-state index contributed by atoms with van der Waals surface area (Å²) in [4.78, 5) is 10.4. The number of nitro benzene ring substituents is 1. The van der Waals surface area contributed by atoms with Gasteiger partial charge < -0.3 is 5.32 Å². The largest absolute Gasteiger partial charge is 0.382 e. The molecule has 4 heteroatoms. The van der Waals surface area contributed by atoms with Crippen LogP contribution < -0.4 is 5.32 Å². The van der Waals surface area contributed by atoms with Crippen LogP contribution in [0.2, 0.25) is 0 Å². The molecule has 1 saturated carbocycles. The molecule has 1 N–H and O–H groups in total. The van der Waals surface area contributed by atoms with Crippen LogP contribution in [0.3, 0.4) is 0 Å². The third kappa shape index (κ3) is 2.30. The quantitative estimate of drug-likeness (QED) is 0.513. The maximum absolute atomic E-state index is 10.8. The molecule has 0 amide bonds. The van der Waals surface area contributed by atoms with Gasteiger partial charge in [-0.3, -0.25) is 10.1 Å². The van der Waals surface area contributed by atoms with Crippen molar-refractivity contribution < 1.29 is 4.92 Å². The summed E-state index contributed by atoms with van der Waals surface area (Å²) in [6.45, 7) is 4.14. The molecule has 3 rings (SSSR count). The van der Waals surface area contributed by atoms with Crippen LogP contribution in [0.25, 0.3) is 0 Å². The number of fused-ring (bicyclic) bond motifs is 2. The Bertz CT molecular complexity index is 568. The predicted octanol–water partition coefficient (Wildman–Crippen LogP) is 3.92. The Hall–Kier alpha value is -1.84. The highest BCUT2D eigenvalue weighted by Gasteiger charge is 2.38. The number of nitrogens with one attached hydrogen (secondary N) is 1. The summed E-state index contributed by atoms with van der Waals surface area (Å²) in [6.07, 6.45) is 7.28. The zero-order valence-corrected chi connectivity index (χ0v) is 11.9. The number of anilines is 1. The SMILES string of the molecule is Cc1cc([N+](=O)[O-])ccc1NC(C)C1CC2C=CC1C2. The zero-order chi connectivity index (χ0) is 14.3. The number of nitrogens with zero attached hydrogens (tertiary/aromatic N) is 1. The zero-order valence-electron chi connectivity index (χ0n) is 11.9. The molecule has 4 atom stereocenters. The number of aryl methyl sites for hydroxylation is 1. The minimum atomic E-state index is -0.346. The predicted molar refractivity (Wildman–Crippen MR) is 79.8 cm³/mol. The lowest BCUT2D eigenvalue weighted by Crippen LogP contribution is -2.29. The molecule has 4 nitrogen and oxygen atoms in total. The summed E-state index contributed by atoms with van der Waals surface area (Å²) < 4.78 is 0. The lowest BCUT2D eigenvalue weighted by molar-refractivity contribution is -0.384. The minimum absolute atomic E-state index is 0.156. The summed E-state index contributed by atoms with van der Waals surface area (Å²) in [5.74, 6) is 2.16. The van der Waals surface area contributed by atoms with Crippen LogP contribution in [0.1, 0.15) is 25.3 Å². The van der Waals surface area contributed by atoms with Crippen molar-refractivity contribution in [3.8, 4) is 0 Å². The van der Waals surface area contributed by atoms with Gasteiger partial charge in [0, 0.05) is 23.9 Å². The van der Waals surface area contributed by atoms with Gasteiger partial charge in [-0.25, -0.2) is 0 Å². The Morgan fingerprint density at radius 3 is 2.70 bits per heavy atom.